The molecule has 0 bridgehead atoms. The number of amides is 1. The minimum absolute atomic E-state index is 0.180. The van der Waals surface area contributed by atoms with Crippen LogP contribution in [0.1, 0.15) is 61.4 Å². The third-order valence-electron chi connectivity index (χ3n) is 6.89. The summed E-state index contributed by atoms with van der Waals surface area (Å²) in [7, 11) is 1.70. The fourth-order valence-corrected chi connectivity index (χ4v) is 5.49. The smallest absolute Gasteiger partial charge is 0.220 e. The van der Waals surface area contributed by atoms with Gasteiger partial charge in [0.1, 0.15) is 5.75 Å². The van der Waals surface area contributed by atoms with Gasteiger partial charge in [0.05, 0.1) is 12.8 Å². The zero-order valence-electron chi connectivity index (χ0n) is 17.9. The lowest BCUT2D eigenvalue weighted by atomic mass is 9.53. The van der Waals surface area contributed by atoms with E-state index in [-0.39, 0.29) is 11.9 Å². The summed E-state index contributed by atoms with van der Waals surface area (Å²) in [5.74, 6) is 2.84. The lowest BCUT2D eigenvalue weighted by molar-refractivity contribution is -0.125. The number of carbonyl (C=O) groups is 1. The number of nitrogens with zero attached hydrogens (tertiary/aromatic N) is 2. The average molecular weight is 396 g/mol. The normalized spacial score (nSPS) is 25.8. The van der Waals surface area contributed by atoms with E-state index < -0.39 is 0 Å². The summed E-state index contributed by atoms with van der Waals surface area (Å²) < 4.78 is 7.32. The van der Waals surface area contributed by atoms with Crippen LogP contribution < -0.4 is 10.1 Å². The van der Waals surface area contributed by atoms with Gasteiger partial charge in [-0.25, -0.2) is 0 Å². The molecule has 0 spiro atoms. The number of hydrogen-bond acceptors (Lipinski definition) is 3. The van der Waals surface area contributed by atoms with Gasteiger partial charge in [0, 0.05) is 30.6 Å². The van der Waals surface area contributed by atoms with Crippen LogP contribution in [0.25, 0.3) is 0 Å². The second-order valence-corrected chi connectivity index (χ2v) is 8.76. The van der Waals surface area contributed by atoms with E-state index in [9.17, 15) is 4.79 Å². The van der Waals surface area contributed by atoms with Gasteiger partial charge in [-0.1, -0.05) is 25.0 Å². The summed E-state index contributed by atoms with van der Waals surface area (Å²) in [4.78, 5) is 12.7. The van der Waals surface area contributed by atoms with Gasteiger partial charge in [0.2, 0.25) is 5.91 Å². The second-order valence-electron chi connectivity index (χ2n) is 8.76. The predicted molar refractivity (Wildman–Crippen MR) is 114 cm³/mol. The van der Waals surface area contributed by atoms with Crippen molar-refractivity contribution in [2.45, 2.75) is 70.9 Å². The fourth-order valence-electron chi connectivity index (χ4n) is 5.49. The fraction of sp³-hybridized carbons (Fsp3) is 0.583. The van der Waals surface area contributed by atoms with Crippen molar-refractivity contribution in [2.24, 2.45) is 11.8 Å². The van der Waals surface area contributed by atoms with E-state index in [0.29, 0.717) is 24.2 Å². The van der Waals surface area contributed by atoms with Crippen molar-refractivity contribution in [2.75, 3.05) is 7.11 Å². The monoisotopic (exact) mass is 395 g/mol. The number of rotatable bonds is 7. The maximum atomic E-state index is 12.7. The molecular weight excluding hydrogens is 362 g/mol. The number of ether oxygens (including phenoxy) is 1. The van der Waals surface area contributed by atoms with Crippen molar-refractivity contribution in [3.8, 4) is 5.75 Å². The molecule has 29 heavy (non-hydrogen) atoms. The van der Waals surface area contributed by atoms with E-state index >= 15 is 0 Å². The first-order valence-corrected chi connectivity index (χ1v) is 11.0. The molecule has 5 heteroatoms. The summed E-state index contributed by atoms with van der Waals surface area (Å²) in [5, 5.41) is 7.89. The Morgan fingerprint density at radius 3 is 2.55 bits per heavy atom. The van der Waals surface area contributed by atoms with Gasteiger partial charge in [-0.2, -0.15) is 5.10 Å². The highest BCUT2D eigenvalue weighted by Gasteiger charge is 2.51. The van der Waals surface area contributed by atoms with E-state index in [1.54, 1.807) is 7.11 Å². The Hall–Kier alpha value is -2.30. The first kappa shape index (κ1) is 20.0. The van der Waals surface area contributed by atoms with Crippen molar-refractivity contribution in [1.29, 1.82) is 0 Å². The van der Waals surface area contributed by atoms with Crippen molar-refractivity contribution < 1.29 is 9.53 Å². The van der Waals surface area contributed by atoms with Gasteiger partial charge < -0.3 is 10.1 Å². The molecule has 0 radical (unpaired) electrons. The Labute approximate surface area is 173 Å². The third kappa shape index (κ3) is 4.19. The van der Waals surface area contributed by atoms with Gasteiger partial charge in [-0.15, -0.1) is 0 Å². The van der Waals surface area contributed by atoms with Crippen molar-refractivity contribution in [1.82, 2.24) is 15.1 Å². The lowest BCUT2D eigenvalue weighted by Gasteiger charge is -2.55. The van der Waals surface area contributed by atoms with E-state index in [4.69, 9.17) is 4.74 Å². The van der Waals surface area contributed by atoms with Gasteiger partial charge >= 0.3 is 0 Å². The lowest BCUT2D eigenvalue weighted by Crippen LogP contribution is -2.59. The molecule has 1 heterocycles. The molecule has 4 atom stereocenters. The molecule has 1 N–H and O–H groups in total. The highest BCUT2D eigenvalue weighted by atomic mass is 16.5. The summed E-state index contributed by atoms with van der Waals surface area (Å²) in [6.07, 6.45) is 6.51. The summed E-state index contributed by atoms with van der Waals surface area (Å²) in [6.45, 7) is 4.87. The standard InChI is InChI=1S/C24H33N3O2/c1-16-15-17(2)27(26-16)14-6-9-22(28)25-24-21-8-5-4-7-20(21)23(24)18-10-12-19(29-3)13-11-18/h10-13,15,20-21,23-24H,4-9,14H2,1-3H3,(H,25,28)/t20-,21-,23+,24+/m1/s1. The minimum Gasteiger partial charge on any atom is -0.497 e. The van der Waals surface area contributed by atoms with Crippen molar-refractivity contribution in [3.63, 3.8) is 0 Å². The van der Waals surface area contributed by atoms with E-state index in [1.807, 2.05) is 23.7 Å². The molecule has 2 fully saturated rings. The molecule has 1 amide bonds. The topological polar surface area (TPSA) is 56.1 Å². The summed E-state index contributed by atoms with van der Waals surface area (Å²) in [6, 6.07) is 10.8. The van der Waals surface area contributed by atoms with Crippen LogP contribution in [0, 0.1) is 25.7 Å². The number of hydrogen-bond donors (Lipinski definition) is 1. The van der Waals surface area contributed by atoms with E-state index in [0.717, 1.165) is 30.1 Å². The maximum absolute atomic E-state index is 12.7. The molecule has 156 valence electrons. The van der Waals surface area contributed by atoms with Crippen LogP contribution in [0.5, 0.6) is 5.75 Å². The molecular formula is C24H33N3O2. The molecule has 5 nitrogen and oxygen atoms in total. The van der Waals surface area contributed by atoms with Gasteiger partial charge in [-0.3, -0.25) is 9.48 Å². The third-order valence-corrected chi connectivity index (χ3v) is 6.89. The Bertz CT molecular complexity index is 842. The van der Waals surface area contributed by atoms with Crippen LogP contribution in [0.3, 0.4) is 0 Å². The number of aromatic nitrogens is 2. The molecule has 2 aliphatic rings. The number of carbonyl (C=O) groups excluding carboxylic acids is 1. The molecule has 0 saturated heterocycles. The second kappa shape index (κ2) is 8.60. The summed E-state index contributed by atoms with van der Waals surface area (Å²) in [5.41, 5.74) is 3.53. The quantitative estimate of drug-likeness (QED) is 0.757. The molecule has 2 saturated carbocycles. The zero-order chi connectivity index (χ0) is 20.4. The SMILES string of the molecule is COc1ccc([C@H]2[C@@H]3CCCC[C@H]3[C@@H]2NC(=O)CCCn2nc(C)cc2C)cc1. The highest BCUT2D eigenvalue weighted by Crippen LogP contribution is 2.54. The summed E-state index contributed by atoms with van der Waals surface area (Å²) >= 11 is 0. The number of nitrogens with one attached hydrogen (secondary N) is 1. The van der Waals surface area contributed by atoms with Crippen LogP contribution >= 0.6 is 0 Å². The first-order chi connectivity index (χ1) is 14.1. The molecule has 1 aromatic heterocycles. The van der Waals surface area contributed by atoms with Crippen molar-refractivity contribution >= 4 is 5.91 Å². The minimum atomic E-state index is 0.180. The van der Waals surface area contributed by atoms with Crippen LogP contribution in [0.4, 0.5) is 0 Å². The van der Waals surface area contributed by atoms with Crippen LogP contribution in [-0.4, -0.2) is 28.8 Å². The molecule has 0 aliphatic heterocycles. The molecule has 0 unspecified atom stereocenters. The number of fused-ring (bicyclic) bond motifs is 1. The van der Waals surface area contributed by atoms with E-state index in [2.05, 4.69) is 35.5 Å². The Morgan fingerprint density at radius 1 is 1.17 bits per heavy atom. The zero-order valence-corrected chi connectivity index (χ0v) is 17.9. The van der Waals surface area contributed by atoms with Crippen LogP contribution in [0.2, 0.25) is 0 Å². The Kier molecular flexibility index (Phi) is 5.93. The largest absolute Gasteiger partial charge is 0.497 e. The Morgan fingerprint density at radius 2 is 1.90 bits per heavy atom. The average Bonchev–Trinajstić information content (AvgIpc) is 3.04. The van der Waals surface area contributed by atoms with E-state index in [1.165, 1.54) is 31.2 Å². The first-order valence-electron chi connectivity index (χ1n) is 11.0. The maximum Gasteiger partial charge on any atom is 0.220 e. The molecule has 4 rings (SSSR count). The van der Waals surface area contributed by atoms with Gasteiger partial charge in [0.25, 0.3) is 0 Å². The Balaban J connectivity index is 1.37. The van der Waals surface area contributed by atoms with Crippen LogP contribution in [-0.2, 0) is 11.3 Å². The van der Waals surface area contributed by atoms with Crippen LogP contribution in [0.15, 0.2) is 30.3 Å². The van der Waals surface area contributed by atoms with Gasteiger partial charge in [0.15, 0.2) is 0 Å². The van der Waals surface area contributed by atoms with Crippen molar-refractivity contribution in [3.05, 3.63) is 47.3 Å². The molecule has 1 aromatic carbocycles. The number of benzene rings is 1. The molecule has 2 aromatic rings. The van der Waals surface area contributed by atoms with Gasteiger partial charge in [-0.05, 0) is 68.7 Å². The number of methoxy groups -OCH3 is 1. The number of aryl methyl sites for hydroxylation is 3. The molecule has 2 aliphatic carbocycles. The predicted octanol–water partition coefficient (Wildman–Crippen LogP) is 4.38. The highest BCUT2D eigenvalue weighted by molar-refractivity contribution is 5.76.